The van der Waals surface area contributed by atoms with Gasteiger partial charge in [-0.3, -0.25) is 0 Å². The summed E-state index contributed by atoms with van der Waals surface area (Å²) in [5.74, 6) is 0.136. The molecule has 0 aliphatic carbocycles. The zero-order valence-electron chi connectivity index (χ0n) is 14.7. The molecule has 0 saturated heterocycles. The van der Waals surface area contributed by atoms with E-state index in [1.807, 2.05) is 6.07 Å². The monoisotopic (exact) mass is 377 g/mol. The van der Waals surface area contributed by atoms with Crippen molar-refractivity contribution in [3.63, 3.8) is 0 Å². The van der Waals surface area contributed by atoms with Crippen LogP contribution < -0.4 is 10.6 Å². The lowest BCUT2D eigenvalue weighted by molar-refractivity contribution is 0.251. The summed E-state index contributed by atoms with van der Waals surface area (Å²) in [6.45, 7) is 0.239. The van der Waals surface area contributed by atoms with Crippen molar-refractivity contribution in [2.45, 2.75) is 6.54 Å². The molecule has 0 spiro atoms. The number of halogens is 1. The highest BCUT2D eigenvalue weighted by molar-refractivity contribution is 5.89. The Labute approximate surface area is 159 Å². The predicted molar refractivity (Wildman–Crippen MR) is 101 cm³/mol. The normalized spacial score (nSPS) is 10.6. The molecule has 0 bridgehead atoms. The van der Waals surface area contributed by atoms with Gasteiger partial charge in [0.15, 0.2) is 11.6 Å². The third-order valence-electron chi connectivity index (χ3n) is 3.99. The first-order chi connectivity index (χ1) is 13.7. The van der Waals surface area contributed by atoms with Crippen LogP contribution in [0.5, 0.6) is 0 Å². The maximum absolute atomic E-state index is 14.3. The quantitative estimate of drug-likeness (QED) is 0.560. The number of amides is 2. The van der Waals surface area contributed by atoms with Gasteiger partial charge in [0.25, 0.3) is 0 Å². The van der Waals surface area contributed by atoms with Crippen LogP contribution >= 0.6 is 0 Å². The Morgan fingerprint density at radius 2 is 1.79 bits per heavy atom. The van der Waals surface area contributed by atoms with Crippen LogP contribution in [0.3, 0.4) is 0 Å². The van der Waals surface area contributed by atoms with Gasteiger partial charge in [-0.15, -0.1) is 0 Å². The number of hydrogen-bond donors (Lipinski definition) is 2. The van der Waals surface area contributed by atoms with E-state index in [1.54, 1.807) is 66.0 Å². The molecule has 0 saturated carbocycles. The number of hydrogen-bond acceptors (Lipinski definition) is 4. The van der Waals surface area contributed by atoms with Gasteiger partial charge < -0.3 is 10.6 Å². The molecule has 0 radical (unpaired) electrons. The summed E-state index contributed by atoms with van der Waals surface area (Å²) >= 11 is 0. The number of urea groups is 1. The van der Waals surface area contributed by atoms with Crippen LogP contribution in [-0.4, -0.2) is 30.6 Å². The number of aromatic nitrogens is 5. The lowest BCUT2D eigenvalue weighted by atomic mass is 10.2. The fraction of sp³-hybridized carbons (Fsp3) is 0.0526. The minimum Gasteiger partial charge on any atom is -0.334 e. The smallest absolute Gasteiger partial charge is 0.319 e. The van der Waals surface area contributed by atoms with Crippen LogP contribution in [-0.2, 0) is 6.54 Å². The maximum Gasteiger partial charge on any atom is 0.319 e. The number of rotatable bonds is 5. The lowest BCUT2D eigenvalue weighted by Gasteiger charge is -2.11. The molecule has 8 nitrogen and oxygen atoms in total. The van der Waals surface area contributed by atoms with Crippen molar-refractivity contribution >= 4 is 11.7 Å². The molecule has 3 heterocycles. The molecule has 0 atom stereocenters. The minimum atomic E-state index is -0.491. The van der Waals surface area contributed by atoms with Crippen molar-refractivity contribution in [1.82, 2.24) is 29.9 Å². The first kappa shape index (κ1) is 17.4. The molecule has 3 aromatic heterocycles. The van der Waals surface area contributed by atoms with Gasteiger partial charge in [-0.05, 0) is 36.4 Å². The molecule has 0 unspecified atom stereocenters. The zero-order chi connectivity index (χ0) is 19.3. The summed E-state index contributed by atoms with van der Waals surface area (Å²) in [5.41, 5.74) is 1.43. The molecule has 2 N–H and O–H groups in total. The van der Waals surface area contributed by atoms with Crippen LogP contribution in [0.25, 0.3) is 11.5 Å². The summed E-state index contributed by atoms with van der Waals surface area (Å²) in [6, 6.07) is 11.1. The van der Waals surface area contributed by atoms with E-state index in [1.165, 1.54) is 10.7 Å². The van der Waals surface area contributed by atoms with Crippen LogP contribution in [0.2, 0.25) is 0 Å². The summed E-state index contributed by atoms with van der Waals surface area (Å²) in [6.07, 6.45) is 8.29. The summed E-state index contributed by atoms with van der Waals surface area (Å²) in [4.78, 5) is 16.5. The van der Waals surface area contributed by atoms with E-state index >= 15 is 0 Å². The largest absolute Gasteiger partial charge is 0.334 e. The van der Waals surface area contributed by atoms with E-state index in [0.29, 0.717) is 17.2 Å². The number of pyridine rings is 1. The van der Waals surface area contributed by atoms with E-state index in [0.717, 1.165) is 5.56 Å². The average molecular weight is 377 g/mol. The van der Waals surface area contributed by atoms with Crippen molar-refractivity contribution in [1.29, 1.82) is 0 Å². The second-order valence-corrected chi connectivity index (χ2v) is 5.86. The Hall–Kier alpha value is -4.01. The fourth-order valence-electron chi connectivity index (χ4n) is 2.70. The minimum absolute atomic E-state index is 0.239. The molecule has 28 heavy (non-hydrogen) atoms. The number of benzene rings is 1. The van der Waals surface area contributed by atoms with Gasteiger partial charge in [0, 0.05) is 48.8 Å². The van der Waals surface area contributed by atoms with Crippen LogP contribution in [0, 0.1) is 5.82 Å². The Bertz CT molecular complexity index is 1080. The molecule has 2 amide bonds. The van der Waals surface area contributed by atoms with Crippen LogP contribution in [0.1, 0.15) is 5.56 Å². The van der Waals surface area contributed by atoms with Crippen molar-refractivity contribution in [2.75, 3.05) is 5.32 Å². The van der Waals surface area contributed by atoms with Crippen LogP contribution in [0.15, 0.2) is 73.4 Å². The highest BCUT2D eigenvalue weighted by Crippen LogP contribution is 2.17. The maximum atomic E-state index is 14.3. The molecule has 9 heteroatoms. The Morgan fingerprint density at radius 1 is 1.00 bits per heavy atom. The molecule has 0 aliphatic rings. The SMILES string of the molecule is O=C(NCc1cccnc1-n1cccn1)Nc1ccc(-n2cccn2)c(F)c1. The average Bonchev–Trinajstić information content (AvgIpc) is 3.41. The van der Waals surface area contributed by atoms with Crippen molar-refractivity contribution in [3.8, 4) is 11.5 Å². The van der Waals surface area contributed by atoms with Gasteiger partial charge in [0.05, 0.1) is 0 Å². The number of carbonyl (C=O) groups excluding carboxylic acids is 1. The van der Waals surface area contributed by atoms with Crippen molar-refractivity contribution in [3.05, 3.63) is 84.8 Å². The van der Waals surface area contributed by atoms with Gasteiger partial charge in [-0.1, -0.05) is 6.07 Å². The van der Waals surface area contributed by atoms with Crippen molar-refractivity contribution < 1.29 is 9.18 Å². The molecule has 1 aromatic carbocycles. The molecule has 0 fully saturated rings. The molecule has 0 aliphatic heterocycles. The van der Waals surface area contributed by atoms with E-state index in [2.05, 4.69) is 25.8 Å². The highest BCUT2D eigenvalue weighted by atomic mass is 19.1. The molecule has 4 rings (SSSR count). The third-order valence-corrected chi connectivity index (χ3v) is 3.99. The van der Waals surface area contributed by atoms with Gasteiger partial charge in [0.1, 0.15) is 5.69 Å². The van der Waals surface area contributed by atoms with Gasteiger partial charge >= 0.3 is 6.03 Å². The summed E-state index contributed by atoms with van der Waals surface area (Å²) in [5, 5.41) is 13.5. The zero-order valence-corrected chi connectivity index (χ0v) is 14.7. The highest BCUT2D eigenvalue weighted by Gasteiger charge is 2.10. The molecular formula is C19H16FN7O. The van der Waals surface area contributed by atoms with Crippen molar-refractivity contribution in [2.24, 2.45) is 0 Å². The summed E-state index contributed by atoms with van der Waals surface area (Å²) in [7, 11) is 0. The predicted octanol–water partition coefficient (Wildman–Crippen LogP) is 2.91. The topological polar surface area (TPSA) is 89.7 Å². The number of nitrogens with zero attached hydrogens (tertiary/aromatic N) is 5. The second-order valence-electron chi connectivity index (χ2n) is 5.86. The Morgan fingerprint density at radius 3 is 2.50 bits per heavy atom. The number of carbonyl (C=O) groups is 1. The standard InChI is InChI=1S/C19H16FN7O/c20-16-12-15(5-6-17(16)26-10-2-8-23-26)25-19(28)22-13-14-4-1-7-21-18(14)27-11-3-9-24-27/h1-12H,13H2,(H2,22,25,28). The van der Waals surface area contributed by atoms with E-state index in [4.69, 9.17) is 0 Å². The van der Waals surface area contributed by atoms with E-state index in [-0.39, 0.29) is 6.54 Å². The van der Waals surface area contributed by atoms with E-state index < -0.39 is 11.8 Å². The van der Waals surface area contributed by atoms with Gasteiger partial charge in [-0.2, -0.15) is 10.2 Å². The first-order valence-electron chi connectivity index (χ1n) is 8.49. The Kier molecular flexibility index (Phi) is 4.79. The number of nitrogens with one attached hydrogen (secondary N) is 2. The molecule has 140 valence electrons. The second kappa shape index (κ2) is 7.70. The molecular weight excluding hydrogens is 361 g/mol. The first-order valence-corrected chi connectivity index (χ1v) is 8.49. The molecule has 4 aromatic rings. The lowest BCUT2D eigenvalue weighted by Crippen LogP contribution is -2.28. The summed E-state index contributed by atoms with van der Waals surface area (Å²) < 4.78 is 17.3. The fourth-order valence-corrected chi connectivity index (χ4v) is 2.70. The Balaban J connectivity index is 1.41. The van der Waals surface area contributed by atoms with E-state index in [9.17, 15) is 9.18 Å². The van der Waals surface area contributed by atoms with Crippen LogP contribution in [0.4, 0.5) is 14.9 Å². The van der Waals surface area contributed by atoms with Gasteiger partial charge in [0.2, 0.25) is 0 Å². The van der Waals surface area contributed by atoms with Gasteiger partial charge in [-0.25, -0.2) is 23.5 Å². The third kappa shape index (κ3) is 3.73. The number of anilines is 1.